The first-order valence-corrected chi connectivity index (χ1v) is 8.03. The van der Waals surface area contributed by atoms with Gasteiger partial charge in [0.25, 0.3) is 0 Å². The van der Waals surface area contributed by atoms with Crippen LogP contribution in [0.25, 0.3) is 0 Å². The third kappa shape index (κ3) is 8.71. The van der Waals surface area contributed by atoms with Gasteiger partial charge in [-0.2, -0.15) is 4.90 Å². The Labute approximate surface area is 143 Å². The van der Waals surface area contributed by atoms with Crippen LogP contribution in [0.3, 0.4) is 0 Å². The maximum absolute atomic E-state index is 12.4. The summed E-state index contributed by atoms with van der Waals surface area (Å²) in [6.07, 6.45) is -0.557. The average molecular weight is 345 g/mol. The summed E-state index contributed by atoms with van der Waals surface area (Å²) in [5.41, 5.74) is 9.16. The highest BCUT2D eigenvalue weighted by Gasteiger charge is 2.39. The maximum Gasteiger partial charge on any atom is 0.420 e. The van der Waals surface area contributed by atoms with Gasteiger partial charge < -0.3 is 20.9 Å². The Morgan fingerprint density at radius 1 is 0.917 bits per heavy atom. The molecule has 1 unspecified atom stereocenters. The Bertz CT molecular complexity index is 424. The smallest absolute Gasteiger partial charge is 0.420 e. The van der Waals surface area contributed by atoms with Crippen LogP contribution in [-0.4, -0.2) is 46.8 Å². The quantitative estimate of drug-likeness (QED) is 0.710. The van der Waals surface area contributed by atoms with E-state index in [2.05, 4.69) is 0 Å². The third-order valence-electron chi connectivity index (χ3n) is 2.75. The van der Waals surface area contributed by atoms with E-state index in [9.17, 15) is 14.4 Å². The first kappa shape index (κ1) is 22.2. The average Bonchev–Trinajstić information content (AvgIpc) is 2.32. The molecule has 0 aromatic carbocycles. The van der Waals surface area contributed by atoms with E-state index < -0.39 is 35.3 Å². The molecule has 0 saturated heterocycles. The number of primary amides is 1. The second kappa shape index (κ2) is 8.86. The van der Waals surface area contributed by atoms with Crippen LogP contribution in [0.4, 0.5) is 9.59 Å². The number of hydrogen-bond donors (Lipinski definition) is 2. The van der Waals surface area contributed by atoms with Gasteiger partial charge in [-0.15, -0.1) is 0 Å². The molecule has 140 valence electrons. The summed E-state index contributed by atoms with van der Waals surface area (Å²) in [5, 5.41) is 0. The molecular weight excluding hydrogens is 314 g/mol. The molecule has 0 rings (SSSR count). The number of amides is 3. The van der Waals surface area contributed by atoms with E-state index in [-0.39, 0.29) is 6.42 Å². The van der Waals surface area contributed by atoms with Crippen molar-refractivity contribution in [2.45, 2.75) is 78.0 Å². The SMILES string of the molecule is CC(C)(C)OC(=O)N(C(=O)OC(C)(C)C)C(CCCCN)C(N)=O. The molecule has 1 atom stereocenters. The van der Waals surface area contributed by atoms with Crippen molar-refractivity contribution >= 4 is 18.1 Å². The predicted octanol–water partition coefficient (Wildman–Crippen LogP) is 2.14. The van der Waals surface area contributed by atoms with Gasteiger partial charge in [0, 0.05) is 0 Å². The highest BCUT2D eigenvalue weighted by atomic mass is 16.6. The van der Waals surface area contributed by atoms with Crippen LogP contribution in [0, 0.1) is 0 Å². The lowest BCUT2D eigenvalue weighted by atomic mass is 10.1. The summed E-state index contributed by atoms with van der Waals surface area (Å²) >= 11 is 0. The number of unbranched alkanes of at least 4 members (excludes halogenated alkanes) is 1. The molecule has 24 heavy (non-hydrogen) atoms. The number of hydrogen-bond acceptors (Lipinski definition) is 6. The van der Waals surface area contributed by atoms with Crippen LogP contribution in [0.1, 0.15) is 60.8 Å². The fraction of sp³-hybridized carbons (Fsp3) is 0.812. The molecule has 0 radical (unpaired) electrons. The minimum atomic E-state index is -1.15. The van der Waals surface area contributed by atoms with Crippen molar-refractivity contribution in [2.75, 3.05) is 6.54 Å². The molecule has 8 nitrogen and oxygen atoms in total. The van der Waals surface area contributed by atoms with Crippen molar-refractivity contribution in [3.63, 3.8) is 0 Å². The maximum atomic E-state index is 12.4. The molecule has 0 aliphatic heterocycles. The molecule has 0 spiro atoms. The lowest BCUT2D eigenvalue weighted by Gasteiger charge is -2.32. The van der Waals surface area contributed by atoms with Crippen molar-refractivity contribution in [1.29, 1.82) is 0 Å². The largest absolute Gasteiger partial charge is 0.443 e. The minimum absolute atomic E-state index is 0.199. The fourth-order valence-electron chi connectivity index (χ4n) is 1.83. The molecule has 0 bridgehead atoms. The summed E-state index contributed by atoms with van der Waals surface area (Å²) in [6.45, 7) is 10.4. The summed E-state index contributed by atoms with van der Waals surface area (Å²) in [6, 6.07) is -1.15. The van der Waals surface area contributed by atoms with Crippen molar-refractivity contribution in [3.05, 3.63) is 0 Å². The van der Waals surface area contributed by atoms with Gasteiger partial charge in [-0.05, 0) is 67.3 Å². The molecule has 0 heterocycles. The number of carbonyl (C=O) groups is 3. The van der Waals surface area contributed by atoms with Crippen LogP contribution in [0.2, 0.25) is 0 Å². The zero-order chi connectivity index (χ0) is 19.1. The monoisotopic (exact) mass is 345 g/mol. The number of nitrogens with two attached hydrogens (primary N) is 2. The van der Waals surface area contributed by atoms with Gasteiger partial charge in [0.05, 0.1) is 0 Å². The van der Waals surface area contributed by atoms with Gasteiger partial charge in [0.2, 0.25) is 5.91 Å². The Hall–Kier alpha value is -1.83. The van der Waals surface area contributed by atoms with E-state index in [4.69, 9.17) is 20.9 Å². The van der Waals surface area contributed by atoms with E-state index in [0.717, 1.165) is 0 Å². The summed E-state index contributed by atoms with van der Waals surface area (Å²) in [5.74, 6) is -0.802. The van der Waals surface area contributed by atoms with Gasteiger partial charge in [-0.1, -0.05) is 0 Å². The van der Waals surface area contributed by atoms with Crippen molar-refractivity contribution in [3.8, 4) is 0 Å². The predicted molar refractivity (Wildman–Crippen MR) is 90.2 cm³/mol. The number of carbonyl (C=O) groups excluding carboxylic acids is 3. The molecule has 3 amide bonds. The summed E-state index contributed by atoms with van der Waals surface area (Å²) in [7, 11) is 0. The molecule has 0 fully saturated rings. The van der Waals surface area contributed by atoms with Gasteiger partial charge >= 0.3 is 12.2 Å². The molecule has 0 aliphatic rings. The second-order valence-electron chi connectivity index (χ2n) is 7.53. The number of ether oxygens (including phenoxy) is 2. The molecule has 0 aromatic rings. The Balaban J connectivity index is 5.50. The van der Waals surface area contributed by atoms with Crippen molar-refractivity contribution < 1.29 is 23.9 Å². The summed E-state index contributed by atoms with van der Waals surface area (Å²) in [4.78, 5) is 37.3. The Kier molecular flexibility index (Phi) is 8.19. The number of nitrogens with zero attached hydrogens (tertiary/aromatic N) is 1. The first-order chi connectivity index (χ1) is 10.8. The lowest BCUT2D eigenvalue weighted by molar-refractivity contribution is -0.123. The van der Waals surface area contributed by atoms with E-state index in [1.807, 2.05) is 0 Å². The van der Waals surface area contributed by atoms with E-state index in [1.54, 1.807) is 41.5 Å². The number of rotatable bonds is 6. The van der Waals surface area contributed by atoms with Gasteiger partial charge in [0.15, 0.2) is 0 Å². The van der Waals surface area contributed by atoms with Crippen LogP contribution >= 0.6 is 0 Å². The van der Waals surface area contributed by atoms with Crippen LogP contribution in [0.5, 0.6) is 0 Å². The molecule has 4 N–H and O–H groups in total. The molecule has 0 aromatic heterocycles. The minimum Gasteiger partial charge on any atom is -0.443 e. The van der Waals surface area contributed by atoms with Gasteiger partial charge in [-0.3, -0.25) is 4.79 Å². The normalized spacial score (nSPS) is 13.1. The third-order valence-corrected chi connectivity index (χ3v) is 2.75. The zero-order valence-electron chi connectivity index (χ0n) is 15.5. The van der Waals surface area contributed by atoms with Crippen molar-refractivity contribution in [2.24, 2.45) is 11.5 Å². The van der Waals surface area contributed by atoms with Crippen LogP contribution < -0.4 is 11.5 Å². The topological polar surface area (TPSA) is 125 Å². The lowest BCUT2D eigenvalue weighted by Crippen LogP contribution is -2.53. The van der Waals surface area contributed by atoms with Crippen molar-refractivity contribution in [1.82, 2.24) is 4.90 Å². The standard InChI is InChI=1S/C16H31N3O5/c1-15(2,3)23-13(21)19(14(22)24-16(4,5)6)11(12(18)20)9-7-8-10-17/h11H,7-10,17H2,1-6H3,(H2,18,20). The van der Waals surface area contributed by atoms with Crippen LogP contribution in [0.15, 0.2) is 0 Å². The molecular formula is C16H31N3O5. The Morgan fingerprint density at radius 3 is 1.62 bits per heavy atom. The van der Waals surface area contributed by atoms with Gasteiger partial charge in [0.1, 0.15) is 17.2 Å². The van der Waals surface area contributed by atoms with Crippen LogP contribution in [-0.2, 0) is 14.3 Å². The molecule has 0 aliphatic carbocycles. The first-order valence-electron chi connectivity index (χ1n) is 8.03. The van der Waals surface area contributed by atoms with E-state index in [1.165, 1.54) is 0 Å². The molecule has 0 saturated carbocycles. The second-order valence-corrected chi connectivity index (χ2v) is 7.53. The Morgan fingerprint density at radius 2 is 1.33 bits per heavy atom. The van der Waals surface area contributed by atoms with Gasteiger partial charge in [-0.25, -0.2) is 9.59 Å². The highest BCUT2D eigenvalue weighted by Crippen LogP contribution is 2.19. The zero-order valence-corrected chi connectivity index (χ0v) is 15.5. The molecule has 8 heteroatoms. The van der Waals surface area contributed by atoms with E-state index in [0.29, 0.717) is 24.3 Å². The fourth-order valence-corrected chi connectivity index (χ4v) is 1.83. The summed E-state index contributed by atoms with van der Waals surface area (Å²) < 4.78 is 10.5. The van der Waals surface area contributed by atoms with E-state index >= 15 is 0 Å². The number of imide groups is 1. The highest BCUT2D eigenvalue weighted by molar-refractivity contribution is 5.95.